The first-order chi connectivity index (χ1) is 11.4. The summed E-state index contributed by atoms with van der Waals surface area (Å²) in [6, 6.07) is 3.89. The number of aryl methyl sites for hydroxylation is 3. The van der Waals surface area contributed by atoms with Crippen LogP contribution in [0.1, 0.15) is 11.4 Å². The van der Waals surface area contributed by atoms with Crippen LogP contribution in [0.3, 0.4) is 0 Å². The second kappa shape index (κ2) is 5.80. The van der Waals surface area contributed by atoms with Crippen molar-refractivity contribution in [3.63, 3.8) is 0 Å². The van der Waals surface area contributed by atoms with E-state index in [-0.39, 0.29) is 11.3 Å². The normalized spacial score (nSPS) is 11.5. The molecule has 2 N–H and O–H groups in total. The van der Waals surface area contributed by atoms with Crippen molar-refractivity contribution in [1.29, 1.82) is 0 Å². The average molecular weight is 329 g/mol. The minimum Gasteiger partial charge on any atom is -0.508 e. The third kappa shape index (κ3) is 2.41. The van der Waals surface area contributed by atoms with Gasteiger partial charge >= 0.3 is 0 Å². The maximum atomic E-state index is 14.4. The molecule has 2 aromatic heterocycles. The second-order valence-corrected chi connectivity index (χ2v) is 5.43. The van der Waals surface area contributed by atoms with E-state index in [0.717, 1.165) is 17.5 Å². The van der Waals surface area contributed by atoms with Gasteiger partial charge < -0.3 is 14.9 Å². The molecule has 8 heteroatoms. The van der Waals surface area contributed by atoms with E-state index in [1.165, 1.54) is 23.0 Å². The Kier molecular flexibility index (Phi) is 3.80. The van der Waals surface area contributed by atoms with Gasteiger partial charge in [0.1, 0.15) is 17.3 Å². The number of imidazole rings is 1. The second-order valence-electron chi connectivity index (χ2n) is 5.43. The summed E-state index contributed by atoms with van der Waals surface area (Å²) in [5, 5.41) is 25.9. The maximum Gasteiger partial charge on any atom is 0.136 e. The highest BCUT2D eigenvalue weighted by Crippen LogP contribution is 2.36. The zero-order chi connectivity index (χ0) is 17.4. The van der Waals surface area contributed by atoms with Gasteiger partial charge in [-0.3, -0.25) is 4.68 Å². The van der Waals surface area contributed by atoms with Crippen LogP contribution in [0.25, 0.3) is 22.5 Å². The molecule has 0 saturated carbocycles. The van der Waals surface area contributed by atoms with Crippen LogP contribution in [0, 0.1) is 12.7 Å². The van der Waals surface area contributed by atoms with Crippen LogP contribution in [-0.4, -0.2) is 35.9 Å². The van der Waals surface area contributed by atoms with E-state index in [4.69, 9.17) is 5.21 Å². The fraction of sp³-hybridized carbons (Fsp3) is 0.188. The highest BCUT2D eigenvalue weighted by molar-refractivity contribution is 5.94. The zero-order valence-corrected chi connectivity index (χ0v) is 13.4. The first-order valence-electron chi connectivity index (χ1n) is 7.15. The number of oxime groups is 1. The van der Waals surface area contributed by atoms with Gasteiger partial charge in [-0.15, -0.1) is 0 Å². The quantitative estimate of drug-likeness (QED) is 0.439. The Morgan fingerprint density at radius 3 is 2.62 bits per heavy atom. The molecular weight excluding hydrogens is 313 g/mol. The van der Waals surface area contributed by atoms with E-state index < -0.39 is 5.82 Å². The van der Waals surface area contributed by atoms with Gasteiger partial charge in [0.2, 0.25) is 0 Å². The van der Waals surface area contributed by atoms with E-state index in [2.05, 4.69) is 15.2 Å². The van der Waals surface area contributed by atoms with E-state index in [1.54, 1.807) is 17.9 Å². The van der Waals surface area contributed by atoms with Crippen molar-refractivity contribution >= 4 is 6.21 Å². The number of aromatic hydroxyl groups is 1. The van der Waals surface area contributed by atoms with Crippen molar-refractivity contribution in [2.75, 3.05) is 0 Å². The van der Waals surface area contributed by atoms with E-state index in [9.17, 15) is 9.50 Å². The molecular formula is C16H16FN5O2. The Labute approximate surface area is 137 Å². The molecule has 0 aliphatic rings. The number of hydrogen-bond donors (Lipinski definition) is 2. The fourth-order valence-electron chi connectivity index (χ4n) is 2.76. The zero-order valence-electron chi connectivity index (χ0n) is 13.4. The minimum absolute atomic E-state index is 0.164. The number of rotatable bonds is 3. The lowest BCUT2D eigenvalue weighted by Crippen LogP contribution is -2.00. The molecule has 3 rings (SSSR count). The standard InChI is InChI=1S/C16H16FN5O2/c1-9-16(21(2)8-18-9)14-13(7-19-24)22(3)20-15(14)11-5-4-10(23)6-12(11)17/h4-8,23-24H,1-3H3. The van der Waals surface area contributed by atoms with Crippen LogP contribution in [-0.2, 0) is 14.1 Å². The van der Waals surface area contributed by atoms with E-state index in [0.29, 0.717) is 17.0 Å². The maximum absolute atomic E-state index is 14.4. The van der Waals surface area contributed by atoms with Crippen molar-refractivity contribution in [2.24, 2.45) is 19.3 Å². The fourth-order valence-corrected chi connectivity index (χ4v) is 2.76. The largest absolute Gasteiger partial charge is 0.508 e. The molecule has 7 nitrogen and oxygen atoms in total. The Balaban J connectivity index is 2.37. The van der Waals surface area contributed by atoms with E-state index in [1.807, 2.05) is 14.0 Å². The molecule has 0 atom stereocenters. The van der Waals surface area contributed by atoms with Crippen molar-refractivity contribution < 1.29 is 14.7 Å². The number of aromatic nitrogens is 4. The van der Waals surface area contributed by atoms with Crippen molar-refractivity contribution in [3.8, 4) is 28.3 Å². The average Bonchev–Trinajstić information content (AvgIpc) is 3.00. The molecule has 3 aromatic rings. The molecule has 1 aromatic carbocycles. The van der Waals surface area contributed by atoms with Crippen molar-refractivity contribution in [1.82, 2.24) is 19.3 Å². The van der Waals surface area contributed by atoms with Gasteiger partial charge in [0, 0.05) is 25.7 Å². The van der Waals surface area contributed by atoms with Gasteiger partial charge in [0.25, 0.3) is 0 Å². The summed E-state index contributed by atoms with van der Waals surface area (Å²) in [5.74, 6) is -0.760. The lowest BCUT2D eigenvalue weighted by atomic mass is 10.0. The summed E-state index contributed by atoms with van der Waals surface area (Å²) in [6.45, 7) is 1.83. The van der Waals surface area contributed by atoms with Crippen LogP contribution < -0.4 is 0 Å². The Hall–Kier alpha value is -3.16. The Morgan fingerprint density at radius 2 is 2.04 bits per heavy atom. The molecule has 0 aliphatic carbocycles. The summed E-state index contributed by atoms with van der Waals surface area (Å²) in [6.07, 6.45) is 2.89. The Morgan fingerprint density at radius 1 is 1.29 bits per heavy atom. The number of phenols is 1. The highest BCUT2D eigenvalue weighted by Gasteiger charge is 2.24. The van der Waals surface area contributed by atoms with Crippen molar-refractivity contribution in [3.05, 3.63) is 41.7 Å². The molecule has 2 heterocycles. The SMILES string of the molecule is Cc1ncn(C)c1-c1c(-c2ccc(O)cc2F)nn(C)c1C=NO. The van der Waals surface area contributed by atoms with Gasteiger partial charge in [-0.05, 0) is 19.1 Å². The van der Waals surface area contributed by atoms with Gasteiger partial charge in [-0.2, -0.15) is 5.10 Å². The lowest BCUT2D eigenvalue weighted by molar-refractivity contribution is 0.321. The van der Waals surface area contributed by atoms with E-state index >= 15 is 0 Å². The lowest BCUT2D eigenvalue weighted by Gasteiger charge is -2.08. The number of nitrogens with zero attached hydrogens (tertiary/aromatic N) is 5. The predicted molar refractivity (Wildman–Crippen MR) is 86.6 cm³/mol. The molecule has 0 spiro atoms. The number of phenolic OH excluding ortho intramolecular Hbond substituents is 1. The summed E-state index contributed by atoms with van der Waals surface area (Å²) in [4.78, 5) is 4.26. The van der Waals surface area contributed by atoms with Gasteiger partial charge in [-0.1, -0.05) is 5.16 Å². The van der Waals surface area contributed by atoms with Gasteiger partial charge in [0.15, 0.2) is 0 Å². The summed E-state index contributed by atoms with van der Waals surface area (Å²) in [5.41, 5.74) is 3.18. The number of halogens is 1. The van der Waals surface area contributed by atoms with Gasteiger partial charge in [-0.25, -0.2) is 9.37 Å². The van der Waals surface area contributed by atoms with Crippen LogP contribution in [0.4, 0.5) is 4.39 Å². The number of benzene rings is 1. The molecule has 0 bridgehead atoms. The molecule has 0 fully saturated rings. The molecule has 24 heavy (non-hydrogen) atoms. The topological polar surface area (TPSA) is 88.5 Å². The number of hydrogen-bond acceptors (Lipinski definition) is 5. The molecule has 0 amide bonds. The first-order valence-corrected chi connectivity index (χ1v) is 7.15. The minimum atomic E-state index is -0.596. The molecule has 0 aliphatic heterocycles. The van der Waals surface area contributed by atoms with Gasteiger partial charge in [0.05, 0.1) is 35.2 Å². The first kappa shape index (κ1) is 15.7. The molecule has 124 valence electrons. The summed E-state index contributed by atoms with van der Waals surface area (Å²) in [7, 11) is 3.49. The molecule has 0 unspecified atom stereocenters. The monoisotopic (exact) mass is 329 g/mol. The molecule has 0 saturated heterocycles. The van der Waals surface area contributed by atoms with Crippen molar-refractivity contribution in [2.45, 2.75) is 6.92 Å². The van der Waals surface area contributed by atoms with Crippen LogP contribution in [0.15, 0.2) is 29.7 Å². The van der Waals surface area contributed by atoms with Crippen LogP contribution >= 0.6 is 0 Å². The smallest absolute Gasteiger partial charge is 0.136 e. The Bertz CT molecular complexity index is 923. The van der Waals surface area contributed by atoms with Crippen LogP contribution in [0.2, 0.25) is 0 Å². The highest BCUT2D eigenvalue weighted by atomic mass is 19.1. The third-order valence-electron chi connectivity index (χ3n) is 3.84. The molecule has 0 radical (unpaired) electrons. The third-order valence-corrected chi connectivity index (χ3v) is 3.84. The predicted octanol–water partition coefficient (Wildman–Crippen LogP) is 2.45. The summed E-state index contributed by atoms with van der Waals surface area (Å²) >= 11 is 0. The summed E-state index contributed by atoms with van der Waals surface area (Å²) < 4.78 is 17.7. The van der Waals surface area contributed by atoms with Crippen LogP contribution in [0.5, 0.6) is 5.75 Å².